The second kappa shape index (κ2) is 4.64. The summed E-state index contributed by atoms with van der Waals surface area (Å²) in [5.74, 6) is -0.0206. The number of halogens is 1. The van der Waals surface area contributed by atoms with Gasteiger partial charge >= 0.3 is 0 Å². The van der Waals surface area contributed by atoms with E-state index < -0.39 is 0 Å². The molecule has 1 aromatic carbocycles. The Bertz CT molecular complexity index is 397. The Hall–Kier alpha value is -1.38. The Morgan fingerprint density at radius 3 is 2.69 bits per heavy atom. The number of amides is 1. The quantitative estimate of drug-likeness (QED) is 0.816. The van der Waals surface area contributed by atoms with Crippen LogP contribution in [-0.2, 0) is 4.79 Å². The van der Waals surface area contributed by atoms with Gasteiger partial charge in [0.15, 0.2) is 0 Å². The van der Waals surface area contributed by atoms with Gasteiger partial charge in [-0.25, -0.2) is 4.39 Å². The molecule has 1 aromatic rings. The Kier molecular flexibility index (Phi) is 3.22. The summed E-state index contributed by atoms with van der Waals surface area (Å²) >= 11 is 0. The molecular weight excluding hydrogens is 205 g/mol. The maximum Gasteiger partial charge on any atom is 0.227 e. The van der Waals surface area contributed by atoms with Gasteiger partial charge in [0.25, 0.3) is 0 Å². The van der Waals surface area contributed by atoms with Crippen LogP contribution in [0.2, 0.25) is 0 Å². The van der Waals surface area contributed by atoms with Crippen LogP contribution in [0.15, 0.2) is 18.2 Å². The molecule has 1 N–H and O–H groups in total. The van der Waals surface area contributed by atoms with Crippen LogP contribution in [0.3, 0.4) is 0 Å². The van der Waals surface area contributed by atoms with E-state index >= 15 is 0 Å². The Labute approximate surface area is 94.9 Å². The van der Waals surface area contributed by atoms with Gasteiger partial charge in [0, 0.05) is 11.6 Å². The first-order chi connectivity index (χ1) is 7.66. The van der Waals surface area contributed by atoms with Crippen molar-refractivity contribution in [3.05, 3.63) is 29.6 Å². The summed E-state index contributed by atoms with van der Waals surface area (Å²) < 4.78 is 13.0. The van der Waals surface area contributed by atoms with Gasteiger partial charge in [-0.15, -0.1) is 0 Å². The van der Waals surface area contributed by atoms with E-state index in [1.165, 1.54) is 6.07 Å². The highest BCUT2D eigenvalue weighted by atomic mass is 19.1. The number of benzene rings is 1. The molecule has 0 atom stereocenters. The molecule has 0 saturated heterocycles. The molecule has 1 saturated carbocycles. The highest BCUT2D eigenvalue weighted by Gasteiger charge is 2.22. The van der Waals surface area contributed by atoms with Crippen molar-refractivity contribution in [1.29, 1.82) is 0 Å². The lowest BCUT2D eigenvalue weighted by Gasteiger charge is -2.10. The number of anilines is 1. The molecule has 1 fully saturated rings. The lowest BCUT2D eigenvalue weighted by molar-refractivity contribution is -0.119. The lowest BCUT2D eigenvalue weighted by atomic mass is 10.1. The number of hydrogen-bond acceptors (Lipinski definition) is 1. The molecule has 2 rings (SSSR count). The van der Waals surface area contributed by atoms with Crippen molar-refractivity contribution in [2.24, 2.45) is 5.92 Å². The molecule has 1 aliphatic rings. The second-order valence-electron chi connectivity index (χ2n) is 4.43. The van der Waals surface area contributed by atoms with Crippen LogP contribution >= 0.6 is 0 Å². The van der Waals surface area contributed by atoms with Crippen LogP contribution in [0.25, 0.3) is 0 Å². The van der Waals surface area contributed by atoms with E-state index in [1.807, 2.05) is 0 Å². The molecule has 0 aliphatic heterocycles. The highest BCUT2D eigenvalue weighted by molar-refractivity contribution is 5.92. The maximum atomic E-state index is 13.0. The van der Waals surface area contributed by atoms with Crippen LogP contribution in [-0.4, -0.2) is 5.91 Å². The van der Waals surface area contributed by atoms with Gasteiger partial charge in [0.2, 0.25) is 5.91 Å². The van der Waals surface area contributed by atoms with Crippen LogP contribution in [0.4, 0.5) is 10.1 Å². The molecular formula is C13H16FNO. The number of nitrogens with one attached hydrogen (secondary N) is 1. The number of hydrogen-bond donors (Lipinski definition) is 1. The number of carbonyl (C=O) groups is 1. The molecule has 0 radical (unpaired) electrons. The van der Waals surface area contributed by atoms with Crippen LogP contribution < -0.4 is 5.32 Å². The average molecular weight is 221 g/mol. The first kappa shape index (κ1) is 11.1. The number of carbonyl (C=O) groups excluding carboxylic acids is 1. The lowest BCUT2D eigenvalue weighted by Crippen LogP contribution is -2.20. The minimum atomic E-state index is -0.237. The fourth-order valence-corrected chi connectivity index (χ4v) is 2.15. The van der Waals surface area contributed by atoms with Crippen molar-refractivity contribution in [2.45, 2.75) is 32.6 Å². The van der Waals surface area contributed by atoms with Gasteiger partial charge in [0.05, 0.1) is 0 Å². The molecule has 0 aromatic heterocycles. The standard InChI is InChI=1S/C13H16FNO/c1-9-8-11(6-7-12(9)14)15-13(16)10-4-2-3-5-10/h6-8,10H,2-5H2,1H3,(H,15,16). The van der Waals surface area contributed by atoms with E-state index in [2.05, 4.69) is 5.32 Å². The van der Waals surface area contributed by atoms with Gasteiger partial charge < -0.3 is 5.32 Å². The zero-order valence-electron chi connectivity index (χ0n) is 9.42. The van der Waals surface area contributed by atoms with Crippen LogP contribution in [0.1, 0.15) is 31.2 Å². The normalized spacial score (nSPS) is 16.4. The van der Waals surface area contributed by atoms with E-state index in [0.29, 0.717) is 11.3 Å². The SMILES string of the molecule is Cc1cc(NC(=O)C2CCCC2)ccc1F. The molecule has 86 valence electrons. The third kappa shape index (κ3) is 2.40. The third-order valence-electron chi connectivity index (χ3n) is 3.15. The highest BCUT2D eigenvalue weighted by Crippen LogP contribution is 2.26. The summed E-state index contributed by atoms with van der Waals surface area (Å²) in [6.45, 7) is 1.69. The summed E-state index contributed by atoms with van der Waals surface area (Å²) in [6.07, 6.45) is 4.24. The summed E-state index contributed by atoms with van der Waals surface area (Å²) in [7, 11) is 0. The third-order valence-corrected chi connectivity index (χ3v) is 3.15. The van der Waals surface area contributed by atoms with E-state index in [4.69, 9.17) is 0 Å². The zero-order valence-corrected chi connectivity index (χ0v) is 9.42. The smallest absolute Gasteiger partial charge is 0.227 e. The van der Waals surface area contributed by atoms with Crippen LogP contribution in [0.5, 0.6) is 0 Å². The predicted molar refractivity (Wildman–Crippen MR) is 61.7 cm³/mol. The fourth-order valence-electron chi connectivity index (χ4n) is 2.15. The van der Waals surface area contributed by atoms with Gasteiger partial charge in [-0.05, 0) is 43.5 Å². The van der Waals surface area contributed by atoms with Gasteiger partial charge in [-0.2, -0.15) is 0 Å². The van der Waals surface area contributed by atoms with Gasteiger partial charge in [-0.3, -0.25) is 4.79 Å². The van der Waals surface area contributed by atoms with E-state index in [-0.39, 0.29) is 17.6 Å². The second-order valence-corrected chi connectivity index (χ2v) is 4.43. The summed E-state index contributed by atoms with van der Waals surface area (Å²) in [5, 5.41) is 2.85. The zero-order chi connectivity index (χ0) is 11.5. The largest absolute Gasteiger partial charge is 0.326 e. The van der Waals surface area contributed by atoms with Crippen molar-refractivity contribution in [2.75, 3.05) is 5.32 Å². The Morgan fingerprint density at radius 2 is 2.06 bits per heavy atom. The molecule has 0 heterocycles. The van der Waals surface area contributed by atoms with E-state index in [1.54, 1.807) is 19.1 Å². The predicted octanol–water partition coefficient (Wildman–Crippen LogP) is 3.26. The van der Waals surface area contributed by atoms with Gasteiger partial charge in [0.1, 0.15) is 5.82 Å². The number of rotatable bonds is 2. The molecule has 3 heteroatoms. The molecule has 2 nitrogen and oxygen atoms in total. The molecule has 1 aliphatic carbocycles. The average Bonchev–Trinajstić information content (AvgIpc) is 2.77. The Morgan fingerprint density at radius 1 is 1.38 bits per heavy atom. The van der Waals surface area contributed by atoms with Crippen LogP contribution in [0, 0.1) is 18.7 Å². The van der Waals surface area contributed by atoms with E-state index in [9.17, 15) is 9.18 Å². The maximum absolute atomic E-state index is 13.0. The van der Waals surface area contributed by atoms with Gasteiger partial charge in [-0.1, -0.05) is 12.8 Å². The minimum Gasteiger partial charge on any atom is -0.326 e. The molecule has 0 spiro atoms. The van der Waals surface area contributed by atoms with Crippen molar-refractivity contribution in [3.8, 4) is 0 Å². The topological polar surface area (TPSA) is 29.1 Å². The van der Waals surface area contributed by atoms with Crippen molar-refractivity contribution >= 4 is 11.6 Å². The number of aryl methyl sites for hydroxylation is 1. The Balaban J connectivity index is 2.02. The first-order valence-electron chi connectivity index (χ1n) is 5.74. The summed E-state index contributed by atoms with van der Waals surface area (Å²) in [5.41, 5.74) is 1.25. The van der Waals surface area contributed by atoms with Crippen molar-refractivity contribution in [1.82, 2.24) is 0 Å². The van der Waals surface area contributed by atoms with E-state index in [0.717, 1.165) is 25.7 Å². The first-order valence-corrected chi connectivity index (χ1v) is 5.74. The molecule has 0 unspecified atom stereocenters. The fraction of sp³-hybridized carbons (Fsp3) is 0.462. The monoisotopic (exact) mass is 221 g/mol. The summed E-state index contributed by atoms with van der Waals surface area (Å²) in [6, 6.07) is 4.66. The molecule has 1 amide bonds. The summed E-state index contributed by atoms with van der Waals surface area (Å²) in [4.78, 5) is 11.8. The van der Waals surface area contributed by atoms with Crippen molar-refractivity contribution in [3.63, 3.8) is 0 Å². The van der Waals surface area contributed by atoms with Crippen molar-refractivity contribution < 1.29 is 9.18 Å². The molecule has 0 bridgehead atoms. The molecule has 16 heavy (non-hydrogen) atoms. The minimum absolute atomic E-state index is 0.0727.